The molecule has 0 radical (unpaired) electrons. The average molecular weight is 322 g/mol. The van der Waals surface area contributed by atoms with Gasteiger partial charge in [-0.2, -0.15) is 0 Å². The van der Waals surface area contributed by atoms with Crippen molar-refractivity contribution in [1.29, 1.82) is 0 Å². The van der Waals surface area contributed by atoms with Gasteiger partial charge in [-0.3, -0.25) is 9.59 Å². The number of rotatable bonds is 5. The zero-order chi connectivity index (χ0) is 16.8. The zero-order valence-corrected chi connectivity index (χ0v) is 13.7. The Morgan fingerprint density at radius 3 is 2.12 bits per heavy atom. The van der Waals surface area contributed by atoms with Crippen LogP contribution in [0.3, 0.4) is 0 Å². The first-order valence-corrected chi connectivity index (χ1v) is 8.41. The molecule has 4 heteroatoms. The molecule has 0 saturated carbocycles. The Bertz CT molecular complexity index is 689. The number of carbonyl (C=O) groups is 2. The summed E-state index contributed by atoms with van der Waals surface area (Å²) >= 11 is 0. The quantitative estimate of drug-likeness (QED) is 0.861. The number of hydrogen-bond donors (Lipinski definition) is 1. The molecule has 1 aliphatic rings. The van der Waals surface area contributed by atoms with Gasteiger partial charge in [0, 0.05) is 44.6 Å². The maximum absolute atomic E-state index is 12.3. The van der Waals surface area contributed by atoms with E-state index in [1.807, 2.05) is 59.5 Å². The van der Waals surface area contributed by atoms with Crippen LogP contribution >= 0.6 is 0 Å². The smallest absolute Gasteiger partial charge is 0.223 e. The first-order chi connectivity index (χ1) is 11.7. The fourth-order valence-electron chi connectivity index (χ4n) is 2.92. The highest BCUT2D eigenvalue weighted by Crippen LogP contribution is 2.20. The minimum Gasteiger partial charge on any atom is -0.340 e. The second kappa shape index (κ2) is 7.88. The van der Waals surface area contributed by atoms with Crippen LogP contribution in [-0.2, 0) is 4.79 Å². The van der Waals surface area contributed by atoms with Gasteiger partial charge < -0.3 is 10.2 Å². The molecule has 24 heavy (non-hydrogen) atoms. The van der Waals surface area contributed by atoms with E-state index in [4.69, 9.17) is 0 Å². The lowest BCUT2D eigenvalue weighted by atomic mass is 10.0. The van der Waals surface area contributed by atoms with Crippen molar-refractivity contribution in [2.75, 3.05) is 26.2 Å². The minimum atomic E-state index is 0.0260. The lowest BCUT2D eigenvalue weighted by Crippen LogP contribution is -2.46. The monoisotopic (exact) mass is 322 g/mol. The molecule has 4 nitrogen and oxygen atoms in total. The van der Waals surface area contributed by atoms with E-state index in [2.05, 4.69) is 5.32 Å². The number of ketones is 1. The van der Waals surface area contributed by atoms with Gasteiger partial charge in [0.05, 0.1) is 0 Å². The highest BCUT2D eigenvalue weighted by Gasteiger charge is 2.17. The molecule has 1 N–H and O–H groups in total. The lowest BCUT2D eigenvalue weighted by Gasteiger charge is -2.27. The van der Waals surface area contributed by atoms with E-state index < -0.39 is 0 Å². The maximum atomic E-state index is 12.3. The Balaban J connectivity index is 1.56. The number of hydrogen-bond acceptors (Lipinski definition) is 3. The molecule has 2 aromatic rings. The molecule has 1 heterocycles. The van der Waals surface area contributed by atoms with Gasteiger partial charge in [-0.1, -0.05) is 54.6 Å². The molecule has 0 spiro atoms. The van der Waals surface area contributed by atoms with Crippen LogP contribution in [0.2, 0.25) is 0 Å². The lowest BCUT2D eigenvalue weighted by molar-refractivity contribution is -0.131. The van der Waals surface area contributed by atoms with E-state index >= 15 is 0 Å². The number of piperazine rings is 1. The van der Waals surface area contributed by atoms with Crippen molar-refractivity contribution in [3.8, 4) is 11.1 Å². The van der Waals surface area contributed by atoms with Crippen LogP contribution in [0, 0.1) is 0 Å². The summed E-state index contributed by atoms with van der Waals surface area (Å²) in [5.41, 5.74) is 2.89. The van der Waals surface area contributed by atoms with Crippen molar-refractivity contribution >= 4 is 11.7 Å². The van der Waals surface area contributed by atoms with Crippen LogP contribution in [0.5, 0.6) is 0 Å². The highest BCUT2D eigenvalue weighted by molar-refractivity contribution is 5.98. The molecule has 1 aliphatic heterocycles. The van der Waals surface area contributed by atoms with E-state index in [0.29, 0.717) is 12.0 Å². The molecule has 0 atom stereocenters. The Morgan fingerprint density at radius 2 is 1.46 bits per heavy atom. The fourth-order valence-corrected chi connectivity index (χ4v) is 2.92. The van der Waals surface area contributed by atoms with Crippen LogP contribution in [0.15, 0.2) is 54.6 Å². The normalized spacial score (nSPS) is 14.4. The van der Waals surface area contributed by atoms with E-state index in [1.165, 1.54) is 0 Å². The number of carbonyl (C=O) groups excluding carboxylic acids is 2. The van der Waals surface area contributed by atoms with Gasteiger partial charge >= 0.3 is 0 Å². The number of amides is 1. The van der Waals surface area contributed by atoms with Crippen LogP contribution in [0.1, 0.15) is 23.2 Å². The van der Waals surface area contributed by atoms with Crippen LogP contribution in [-0.4, -0.2) is 42.8 Å². The van der Waals surface area contributed by atoms with Gasteiger partial charge in [0.1, 0.15) is 0 Å². The Morgan fingerprint density at radius 1 is 0.833 bits per heavy atom. The Kier molecular flexibility index (Phi) is 5.39. The second-order valence-electron chi connectivity index (χ2n) is 6.00. The summed E-state index contributed by atoms with van der Waals surface area (Å²) in [5.74, 6) is 0.101. The van der Waals surface area contributed by atoms with Crippen molar-refractivity contribution in [1.82, 2.24) is 10.2 Å². The third-order valence-electron chi connectivity index (χ3n) is 4.35. The molecule has 1 amide bonds. The Hall–Kier alpha value is -2.46. The summed E-state index contributed by atoms with van der Waals surface area (Å²) in [6, 6.07) is 17.7. The summed E-state index contributed by atoms with van der Waals surface area (Å²) in [4.78, 5) is 26.3. The number of benzene rings is 2. The van der Waals surface area contributed by atoms with Crippen molar-refractivity contribution in [2.45, 2.75) is 12.8 Å². The van der Waals surface area contributed by atoms with Crippen molar-refractivity contribution < 1.29 is 9.59 Å². The predicted octanol–water partition coefficient (Wildman–Crippen LogP) is 2.75. The molecule has 2 aromatic carbocycles. The summed E-state index contributed by atoms with van der Waals surface area (Å²) in [6.07, 6.45) is 0.562. The third-order valence-corrected chi connectivity index (χ3v) is 4.35. The summed E-state index contributed by atoms with van der Waals surface area (Å²) in [6.45, 7) is 3.14. The largest absolute Gasteiger partial charge is 0.340 e. The molecule has 0 aromatic heterocycles. The van der Waals surface area contributed by atoms with Gasteiger partial charge in [0.15, 0.2) is 5.78 Å². The molecule has 0 unspecified atom stereocenters. The van der Waals surface area contributed by atoms with Crippen molar-refractivity contribution in [3.63, 3.8) is 0 Å². The zero-order valence-electron chi connectivity index (χ0n) is 13.7. The fraction of sp³-hybridized carbons (Fsp3) is 0.300. The first kappa shape index (κ1) is 16.4. The van der Waals surface area contributed by atoms with E-state index in [9.17, 15) is 9.59 Å². The summed E-state index contributed by atoms with van der Waals surface area (Å²) in [5, 5.41) is 3.22. The van der Waals surface area contributed by atoms with Gasteiger partial charge in [0.2, 0.25) is 5.91 Å². The van der Waals surface area contributed by atoms with E-state index in [0.717, 1.165) is 37.3 Å². The summed E-state index contributed by atoms with van der Waals surface area (Å²) in [7, 11) is 0. The third kappa shape index (κ3) is 4.09. The van der Waals surface area contributed by atoms with Crippen LogP contribution in [0.4, 0.5) is 0 Å². The standard InChI is InChI=1S/C20H22N2O2/c23-19(10-11-20(24)22-14-12-21-13-15-22)18-8-6-17(7-9-18)16-4-2-1-3-5-16/h1-9,21H,10-15H2. The maximum Gasteiger partial charge on any atom is 0.223 e. The molecule has 1 fully saturated rings. The number of nitrogens with one attached hydrogen (secondary N) is 1. The van der Waals surface area contributed by atoms with E-state index in [1.54, 1.807) is 0 Å². The molecule has 124 valence electrons. The average Bonchev–Trinajstić information content (AvgIpc) is 2.67. The van der Waals surface area contributed by atoms with Crippen LogP contribution in [0.25, 0.3) is 11.1 Å². The predicted molar refractivity (Wildman–Crippen MR) is 94.9 cm³/mol. The van der Waals surface area contributed by atoms with Gasteiger partial charge in [-0.05, 0) is 11.1 Å². The molecular formula is C20H22N2O2. The van der Waals surface area contributed by atoms with Crippen molar-refractivity contribution in [3.05, 3.63) is 60.2 Å². The van der Waals surface area contributed by atoms with Crippen molar-refractivity contribution in [2.24, 2.45) is 0 Å². The molecule has 0 bridgehead atoms. The molecular weight excluding hydrogens is 300 g/mol. The summed E-state index contributed by atoms with van der Waals surface area (Å²) < 4.78 is 0. The van der Waals surface area contributed by atoms with Gasteiger partial charge in [-0.25, -0.2) is 0 Å². The minimum absolute atomic E-state index is 0.0260. The SMILES string of the molecule is O=C(CCC(=O)N1CCNCC1)c1ccc(-c2ccccc2)cc1. The number of nitrogens with zero attached hydrogens (tertiary/aromatic N) is 1. The molecule has 3 rings (SSSR count). The van der Waals surface area contributed by atoms with Gasteiger partial charge in [0.25, 0.3) is 0 Å². The molecule has 1 saturated heterocycles. The first-order valence-electron chi connectivity index (χ1n) is 8.41. The van der Waals surface area contributed by atoms with Gasteiger partial charge in [-0.15, -0.1) is 0 Å². The Labute approximate surface area is 142 Å². The topological polar surface area (TPSA) is 49.4 Å². The van der Waals surface area contributed by atoms with Crippen LogP contribution < -0.4 is 5.32 Å². The number of Topliss-reactive ketones (excluding diaryl/α,β-unsaturated/α-hetero) is 1. The van der Waals surface area contributed by atoms with E-state index in [-0.39, 0.29) is 18.1 Å². The highest BCUT2D eigenvalue weighted by atomic mass is 16.2. The molecule has 0 aliphatic carbocycles. The second-order valence-corrected chi connectivity index (χ2v) is 6.00.